The van der Waals surface area contributed by atoms with Crippen LogP contribution in [-0.4, -0.2) is 27.2 Å². The van der Waals surface area contributed by atoms with E-state index in [1.54, 1.807) is 12.1 Å². The van der Waals surface area contributed by atoms with Gasteiger partial charge in [0.2, 0.25) is 5.82 Å². The molecular formula is C15H20N4O2. The second-order valence-corrected chi connectivity index (χ2v) is 4.78. The van der Waals surface area contributed by atoms with E-state index in [1.165, 1.54) is 0 Å². The Morgan fingerprint density at radius 2 is 2.24 bits per heavy atom. The highest BCUT2D eigenvalue weighted by Crippen LogP contribution is 2.19. The quantitative estimate of drug-likeness (QED) is 0.856. The third-order valence-electron chi connectivity index (χ3n) is 3.07. The van der Waals surface area contributed by atoms with E-state index in [9.17, 15) is 4.79 Å². The molecule has 1 aromatic heterocycles. The molecule has 2 rings (SSSR count). The SMILES string of the molecule is CCc1nc(C(=O)Nc2cccc(OC(C)CC)c2)n[nH]1. The van der Waals surface area contributed by atoms with Crippen molar-refractivity contribution in [2.45, 2.75) is 39.7 Å². The summed E-state index contributed by atoms with van der Waals surface area (Å²) in [4.78, 5) is 16.1. The first kappa shape index (κ1) is 15.0. The smallest absolute Gasteiger partial charge is 0.295 e. The van der Waals surface area contributed by atoms with Gasteiger partial charge in [0, 0.05) is 18.2 Å². The molecule has 1 amide bonds. The molecule has 112 valence electrons. The van der Waals surface area contributed by atoms with Crippen LogP contribution in [0.5, 0.6) is 5.75 Å². The summed E-state index contributed by atoms with van der Waals surface area (Å²) >= 11 is 0. The average molecular weight is 288 g/mol. The Balaban J connectivity index is 2.05. The number of hydrogen-bond donors (Lipinski definition) is 2. The molecule has 0 fully saturated rings. The molecule has 6 nitrogen and oxygen atoms in total. The van der Waals surface area contributed by atoms with Gasteiger partial charge >= 0.3 is 0 Å². The summed E-state index contributed by atoms with van der Waals surface area (Å²) in [5.74, 6) is 1.21. The van der Waals surface area contributed by atoms with Gasteiger partial charge in [0.1, 0.15) is 11.6 Å². The van der Waals surface area contributed by atoms with Gasteiger partial charge in [-0.25, -0.2) is 4.98 Å². The van der Waals surface area contributed by atoms with Crippen LogP contribution >= 0.6 is 0 Å². The number of benzene rings is 1. The summed E-state index contributed by atoms with van der Waals surface area (Å²) in [7, 11) is 0. The van der Waals surface area contributed by atoms with Gasteiger partial charge in [-0.3, -0.25) is 9.89 Å². The number of anilines is 1. The summed E-state index contributed by atoms with van der Waals surface area (Å²) in [6.07, 6.45) is 1.77. The summed E-state index contributed by atoms with van der Waals surface area (Å²) in [5, 5.41) is 9.37. The predicted molar refractivity (Wildman–Crippen MR) is 80.5 cm³/mol. The summed E-state index contributed by atoms with van der Waals surface area (Å²) in [6, 6.07) is 7.29. The number of nitrogens with zero attached hydrogens (tertiary/aromatic N) is 2. The predicted octanol–water partition coefficient (Wildman–Crippen LogP) is 2.80. The number of carbonyl (C=O) groups excluding carboxylic acids is 1. The molecular weight excluding hydrogens is 268 g/mol. The van der Waals surface area contributed by atoms with Crippen molar-refractivity contribution in [3.63, 3.8) is 0 Å². The summed E-state index contributed by atoms with van der Waals surface area (Å²) in [6.45, 7) is 6.01. The van der Waals surface area contributed by atoms with Crippen LogP contribution in [0.2, 0.25) is 0 Å². The number of carbonyl (C=O) groups is 1. The molecule has 6 heteroatoms. The molecule has 1 heterocycles. The number of amides is 1. The van der Waals surface area contributed by atoms with Crippen molar-refractivity contribution >= 4 is 11.6 Å². The zero-order valence-electron chi connectivity index (χ0n) is 12.5. The normalized spacial score (nSPS) is 12.0. The van der Waals surface area contributed by atoms with Gasteiger partial charge in [0.25, 0.3) is 5.91 Å². The van der Waals surface area contributed by atoms with E-state index in [4.69, 9.17) is 4.74 Å². The van der Waals surface area contributed by atoms with Gasteiger partial charge in [0.05, 0.1) is 6.10 Å². The van der Waals surface area contributed by atoms with Crippen molar-refractivity contribution < 1.29 is 9.53 Å². The molecule has 0 aliphatic rings. The second kappa shape index (κ2) is 6.88. The minimum absolute atomic E-state index is 0.135. The minimum atomic E-state index is -0.341. The summed E-state index contributed by atoms with van der Waals surface area (Å²) < 4.78 is 5.72. The highest BCUT2D eigenvalue weighted by Gasteiger charge is 2.12. The lowest BCUT2D eigenvalue weighted by molar-refractivity contribution is 0.101. The zero-order valence-corrected chi connectivity index (χ0v) is 12.5. The van der Waals surface area contributed by atoms with Crippen molar-refractivity contribution in [3.05, 3.63) is 35.9 Å². The maximum Gasteiger partial charge on any atom is 0.295 e. The van der Waals surface area contributed by atoms with E-state index in [0.717, 1.165) is 12.2 Å². The molecule has 1 aromatic carbocycles. The third-order valence-corrected chi connectivity index (χ3v) is 3.07. The first-order valence-electron chi connectivity index (χ1n) is 7.11. The monoisotopic (exact) mass is 288 g/mol. The van der Waals surface area contributed by atoms with E-state index in [-0.39, 0.29) is 17.8 Å². The van der Waals surface area contributed by atoms with E-state index < -0.39 is 0 Å². The Morgan fingerprint density at radius 3 is 2.90 bits per heavy atom. The van der Waals surface area contributed by atoms with Gasteiger partial charge in [-0.1, -0.05) is 19.9 Å². The fourth-order valence-electron chi connectivity index (χ4n) is 1.70. The number of rotatable bonds is 6. The molecule has 2 N–H and O–H groups in total. The van der Waals surface area contributed by atoms with Crippen LogP contribution in [0.3, 0.4) is 0 Å². The molecule has 0 bridgehead atoms. The van der Waals surface area contributed by atoms with Crippen LogP contribution in [0.1, 0.15) is 43.6 Å². The number of nitrogens with one attached hydrogen (secondary N) is 2. The molecule has 0 aliphatic heterocycles. The van der Waals surface area contributed by atoms with Gasteiger partial charge in [-0.15, -0.1) is 5.10 Å². The molecule has 2 aromatic rings. The Bertz CT molecular complexity index is 609. The second-order valence-electron chi connectivity index (χ2n) is 4.78. The van der Waals surface area contributed by atoms with Crippen LogP contribution in [0.15, 0.2) is 24.3 Å². The lowest BCUT2D eigenvalue weighted by Crippen LogP contribution is -2.14. The van der Waals surface area contributed by atoms with Crippen LogP contribution in [0, 0.1) is 0 Å². The fraction of sp³-hybridized carbons (Fsp3) is 0.400. The van der Waals surface area contributed by atoms with Crippen LogP contribution in [-0.2, 0) is 6.42 Å². The van der Waals surface area contributed by atoms with E-state index in [1.807, 2.05) is 26.0 Å². The van der Waals surface area contributed by atoms with Crippen molar-refractivity contribution in [2.24, 2.45) is 0 Å². The molecule has 1 unspecified atom stereocenters. The largest absolute Gasteiger partial charge is 0.491 e. The van der Waals surface area contributed by atoms with Gasteiger partial charge in [0.15, 0.2) is 0 Å². The van der Waals surface area contributed by atoms with Crippen molar-refractivity contribution in [1.82, 2.24) is 15.2 Å². The molecule has 0 aliphatic carbocycles. The number of aryl methyl sites for hydroxylation is 1. The molecule has 21 heavy (non-hydrogen) atoms. The van der Waals surface area contributed by atoms with Crippen LogP contribution in [0.25, 0.3) is 0 Å². The van der Waals surface area contributed by atoms with Gasteiger partial charge in [-0.05, 0) is 25.5 Å². The number of H-pyrrole nitrogens is 1. The van der Waals surface area contributed by atoms with Gasteiger partial charge < -0.3 is 10.1 Å². The number of aromatic nitrogens is 3. The Labute approximate surface area is 123 Å². The Kier molecular flexibility index (Phi) is 4.92. The van der Waals surface area contributed by atoms with E-state index in [2.05, 4.69) is 27.4 Å². The molecule has 0 spiro atoms. The third kappa shape index (κ3) is 4.05. The number of ether oxygens (including phenoxy) is 1. The zero-order chi connectivity index (χ0) is 15.2. The molecule has 1 atom stereocenters. The number of hydrogen-bond acceptors (Lipinski definition) is 4. The number of aromatic amines is 1. The van der Waals surface area contributed by atoms with Gasteiger partial charge in [-0.2, -0.15) is 0 Å². The molecule has 0 saturated carbocycles. The first-order chi connectivity index (χ1) is 10.1. The first-order valence-corrected chi connectivity index (χ1v) is 7.11. The maximum absolute atomic E-state index is 12.0. The van der Waals surface area contributed by atoms with Crippen molar-refractivity contribution in [2.75, 3.05) is 5.32 Å². The van der Waals surface area contributed by atoms with E-state index >= 15 is 0 Å². The van der Waals surface area contributed by atoms with Crippen LogP contribution in [0.4, 0.5) is 5.69 Å². The highest BCUT2D eigenvalue weighted by molar-refractivity contribution is 6.01. The fourth-order valence-corrected chi connectivity index (χ4v) is 1.70. The maximum atomic E-state index is 12.0. The summed E-state index contributed by atoms with van der Waals surface area (Å²) in [5.41, 5.74) is 0.656. The Hall–Kier alpha value is -2.37. The lowest BCUT2D eigenvalue weighted by atomic mass is 10.2. The highest BCUT2D eigenvalue weighted by atomic mass is 16.5. The van der Waals surface area contributed by atoms with Crippen LogP contribution < -0.4 is 10.1 Å². The van der Waals surface area contributed by atoms with E-state index in [0.29, 0.717) is 17.9 Å². The standard InChI is InChI=1S/C15H20N4O2/c1-4-10(3)21-12-8-6-7-11(9-12)16-15(20)14-17-13(5-2)18-19-14/h6-10H,4-5H2,1-3H3,(H,16,20)(H,17,18,19). The minimum Gasteiger partial charge on any atom is -0.491 e. The van der Waals surface area contributed by atoms with Crippen molar-refractivity contribution in [3.8, 4) is 5.75 Å². The molecule has 0 radical (unpaired) electrons. The molecule has 0 saturated heterocycles. The Morgan fingerprint density at radius 1 is 1.43 bits per heavy atom. The van der Waals surface area contributed by atoms with Crippen molar-refractivity contribution in [1.29, 1.82) is 0 Å². The topological polar surface area (TPSA) is 79.9 Å². The average Bonchev–Trinajstić information content (AvgIpc) is 2.96. The lowest BCUT2D eigenvalue weighted by Gasteiger charge is -2.13.